The molecule has 0 unspecified atom stereocenters. The quantitative estimate of drug-likeness (QED) is 0.310. The lowest BCUT2D eigenvalue weighted by Crippen LogP contribution is -2.11. The van der Waals surface area contributed by atoms with Crippen molar-refractivity contribution in [3.05, 3.63) is 24.1 Å². The largest absolute Gasteiger partial charge is 0.516 e. The monoisotopic (exact) mass is 327 g/mol. The van der Waals surface area contributed by atoms with E-state index in [1.54, 1.807) is 7.11 Å². The first kappa shape index (κ1) is 24.3. The Bertz CT molecular complexity index is 275. The number of allylic oxidation sites excluding steroid dienone is 2. The van der Waals surface area contributed by atoms with Gasteiger partial charge < -0.3 is 14.7 Å². The lowest BCUT2D eigenvalue weighted by Gasteiger charge is -2.13. The number of aliphatic hydroxyl groups is 1. The van der Waals surface area contributed by atoms with Crippen LogP contribution in [0, 0.1) is 0 Å². The molecule has 1 N–H and O–H groups in total. The molecule has 0 heterocycles. The zero-order chi connectivity index (χ0) is 17.8. The van der Waals surface area contributed by atoms with Gasteiger partial charge in [0.15, 0.2) is 0 Å². The molecule has 3 nitrogen and oxygen atoms in total. The number of aliphatic hydroxyl groups excluding tert-OH is 1. The highest BCUT2D eigenvalue weighted by atomic mass is 16.5. The molecule has 0 aromatic heterocycles. The lowest BCUT2D eigenvalue weighted by atomic mass is 10.1. The van der Waals surface area contributed by atoms with Crippen molar-refractivity contribution >= 4 is 0 Å². The van der Waals surface area contributed by atoms with Gasteiger partial charge in [0, 0.05) is 27.3 Å². The van der Waals surface area contributed by atoms with Crippen molar-refractivity contribution in [1.29, 1.82) is 0 Å². The van der Waals surface area contributed by atoms with Crippen molar-refractivity contribution in [2.75, 3.05) is 27.3 Å². The molecule has 0 aliphatic rings. The van der Waals surface area contributed by atoms with E-state index in [4.69, 9.17) is 9.84 Å². The highest BCUT2D eigenvalue weighted by Gasteiger charge is 1.94. The van der Waals surface area contributed by atoms with Crippen LogP contribution in [-0.4, -0.2) is 37.3 Å². The van der Waals surface area contributed by atoms with Crippen LogP contribution in [-0.2, 0) is 4.74 Å². The summed E-state index contributed by atoms with van der Waals surface area (Å²) in [6.07, 6.45) is 16.6. The van der Waals surface area contributed by atoms with Crippen LogP contribution >= 0.6 is 0 Å². The summed E-state index contributed by atoms with van der Waals surface area (Å²) in [6, 6.07) is 0. The Kier molecular flexibility index (Phi) is 22.2. The van der Waals surface area contributed by atoms with Gasteiger partial charge in [-0.25, -0.2) is 0 Å². The van der Waals surface area contributed by atoms with E-state index >= 15 is 0 Å². The molecule has 0 spiro atoms. The van der Waals surface area contributed by atoms with Crippen molar-refractivity contribution in [2.45, 2.75) is 78.6 Å². The fraction of sp³-hybridized carbons (Fsp3) is 0.800. The van der Waals surface area contributed by atoms with Crippen molar-refractivity contribution in [3.63, 3.8) is 0 Å². The number of unbranched alkanes of at least 4 members (excludes halogenated alkanes) is 6. The van der Waals surface area contributed by atoms with Gasteiger partial charge >= 0.3 is 0 Å². The van der Waals surface area contributed by atoms with Crippen LogP contribution in [0.1, 0.15) is 78.6 Å². The van der Waals surface area contributed by atoms with Gasteiger partial charge in [-0.3, -0.25) is 0 Å². The SMILES string of the molecule is CC.COCCCCCCCCCN(C)/C=C\CCC(C)=CO. The first-order valence-corrected chi connectivity index (χ1v) is 9.36. The Hall–Kier alpha value is -0.960. The summed E-state index contributed by atoms with van der Waals surface area (Å²) in [5.74, 6) is 0. The van der Waals surface area contributed by atoms with E-state index in [9.17, 15) is 0 Å². The van der Waals surface area contributed by atoms with Crippen molar-refractivity contribution < 1.29 is 9.84 Å². The van der Waals surface area contributed by atoms with Gasteiger partial charge in [0.1, 0.15) is 0 Å². The second kappa shape index (κ2) is 21.0. The van der Waals surface area contributed by atoms with Crippen LogP contribution < -0.4 is 0 Å². The minimum atomic E-state index is 0.907. The van der Waals surface area contributed by atoms with Crippen LogP contribution in [0.5, 0.6) is 0 Å². The fourth-order valence-corrected chi connectivity index (χ4v) is 2.20. The number of nitrogens with zero attached hydrogens (tertiary/aromatic N) is 1. The summed E-state index contributed by atoms with van der Waals surface area (Å²) in [5.41, 5.74) is 1.04. The molecule has 0 atom stereocenters. The number of ether oxygens (including phenoxy) is 1. The Labute approximate surface area is 145 Å². The van der Waals surface area contributed by atoms with Gasteiger partial charge in [-0.2, -0.15) is 0 Å². The minimum absolute atomic E-state index is 0.907. The summed E-state index contributed by atoms with van der Waals surface area (Å²) in [4.78, 5) is 2.26. The van der Waals surface area contributed by atoms with Crippen LogP contribution in [0.3, 0.4) is 0 Å². The maximum absolute atomic E-state index is 8.79. The predicted molar refractivity (Wildman–Crippen MR) is 103 cm³/mol. The molecule has 3 heteroatoms. The molecule has 0 fully saturated rings. The summed E-state index contributed by atoms with van der Waals surface area (Å²) < 4.78 is 5.05. The molecule has 138 valence electrons. The molecular weight excluding hydrogens is 286 g/mol. The molecule has 0 aliphatic carbocycles. The summed E-state index contributed by atoms with van der Waals surface area (Å²) in [6.45, 7) is 7.99. The third-order valence-corrected chi connectivity index (χ3v) is 3.64. The average Bonchev–Trinajstić information content (AvgIpc) is 2.58. The van der Waals surface area contributed by atoms with Crippen molar-refractivity contribution in [1.82, 2.24) is 4.90 Å². The van der Waals surface area contributed by atoms with Crippen LogP contribution in [0.15, 0.2) is 24.1 Å². The number of methoxy groups -OCH3 is 1. The Morgan fingerprint density at radius 3 is 2.13 bits per heavy atom. The normalized spacial score (nSPS) is 11.4. The van der Waals surface area contributed by atoms with E-state index in [1.807, 2.05) is 20.8 Å². The second-order valence-electron chi connectivity index (χ2n) is 5.85. The molecule has 0 rings (SSSR count). The summed E-state index contributed by atoms with van der Waals surface area (Å²) in [7, 11) is 3.91. The smallest absolute Gasteiger partial charge is 0.0780 e. The maximum Gasteiger partial charge on any atom is 0.0780 e. The fourth-order valence-electron chi connectivity index (χ4n) is 2.20. The molecule has 0 aliphatic heterocycles. The second-order valence-corrected chi connectivity index (χ2v) is 5.85. The zero-order valence-corrected chi connectivity index (χ0v) is 16.3. The van der Waals surface area contributed by atoms with Crippen LogP contribution in [0.25, 0.3) is 0 Å². The van der Waals surface area contributed by atoms with E-state index in [1.165, 1.54) is 51.2 Å². The van der Waals surface area contributed by atoms with Crippen LogP contribution in [0.2, 0.25) is 0 Å². The zero-order valence-electron chi connectivity index (χ0n) is 16.3. The Balaban J connectivity index is 0. The molecule has 23 heavy (non-hydrogen) atoms. The number of hydrogen-bond donors (Lipinski definition) is 1. The van der Waals surface area contributed by atoms with Gasteiger partial charge in [0.2, 0.25) is 0 Å². The average molecular weight is 328 g/mol. The van der Waals surface area contributed by atoms with Gasteiger partial charge in [-0.05, 0) is 44.4 Å². The first-order chi connectivity index (χ1) is 11.2. The molecule has 0 amide bonds. The predicted octanol–water partition coefficient (Wildman–Crippen LogP) is 6.08. The van der Waals surface area contributed by atoms with E-state index in [-0.39, 0.29) is 0 Å². The minimum Gasteiger partial charge on any atom is -0.516 e. The third-order valence-electron chi connectivity index (χ3n) is 3.64. The molecule has 0 aromatic carbocycles. The maximum atomic E-state index is 8.79. The Morgan fingerprint density at radius 2 is 1.57 bits per heavy atom. The summed E-state index contributed by atoms with van der Waals surface area (Å²) in [5, 5.41) is 8.79. The molecular formula is C20H41NO2. The van der Waals surface area contributed by atoms with E-state index < -0.39 is 0 Å². The molecule has 0 saturated carbocycles. The van der Waals surface area contributed by atoms with Crippen molar-refractivity contribution in [3.8, 4) is 0 Å². The van der Waals surface area contributed by atoms with E-state index in [2.05, 4.69) is 24.2 Å². The van der Waals surface area contributed by atoms with Gasteiger partial charge in [-0.1, -0.05) is 52.0 Å². The number of hydrogen-bond acceptors (Lipinski definition) is 3. The van der Waals surface area contributed by atoms with Gasteiger partial charge in [0.05, 0.1) is 6.26 Å². The van der Waals surface area contributed by atoms with Gasteiger partial charge in [-0.15, -0.1) is 0 Å². The standard InChI is InChI=1S/C18H35NO2.C2H6/c1-18(17-20)13-9-11-15-19(2)14-10-7-5-4-6-8-12-16-21-3;1-2/h11,15,17,20H,4-10,12-14,16H2,1-3H3;1-2H3/b15-11-,18-17?;. The molecule has 0 saturated heterocycles. The van der Waals surface area contributed by atoms with Gasteiger partial charge in [0.25, 0.3) is 0 Å². The molecule has 0 bridgehead atoms. The van der Waals surface area contributed by atoms with E-state index in [0.29, 0.717) is 0 Å². The van der Waals surface area contributed by atoms with Crippen molar-refractivity contribution in [2.24, 2.45) is 0 Å². The lowest BCUT2D eigenvalue weighted by molar-refractivity contribution is 0.192. The van der Waals surface area contributed by atoms with E-state index in [0.717, 1.165) is 31.6 Å². The van der Waals surface area contributed by atoms with Crippen LogP contribution in [0.4, 0.5) is 0 Å². The topological polar surface area (TPSA) is 32.7 Å². The first-order valence-electron chi connectivity index (χ1n) is 9.36. The third kappa shape index (κ3) is 21.0. The highest BCUT2D eigenvalue weighted by molar-refractivity contribution is 4.95. The number of rotatable bonds is 14. The molecule has 0 radical (unpaired) electrons. The summed E-state index contributed by atoms with van der Waals surface area (Å²) >= 11 is 0. The highest BCUT2D eigenvalue weighted by Crippen LogP contribution is 2.08. The Morgan fingerprint density at radius 1 is 1.00 bits per heavy atom. The molecule has 0 aromatic rings.